The van der Waals surface area contributed by atoms with Crippen molar-refractivity contribution in [1.82, 2.24) is 8.87 Å². The number of rotatable bonds is 2. The first-order valence-corrected chi connectivity index (χ1v) is 7.94. The summed E-state index contributed by atoms with van der Waals surface area (Å²) in [6, 6.07) is 7.80. The molecule has 0 spiro atoms. The van der Waals surface area contributed by atoms with E-state index in [-0.39, 0.29) is 17.1 Å². The fourth-order valence-electron chi connectivity index (χ4n) is 2.31. The summed E-state index contributed by atoms with van der Waals surface area (Å²) >= 11 is 5.92. The van der Waals surface area contributed by atoms with Crippen molar-refractivity contribution in [2.75, 3.05) is 6.54 Å². The first-order valence-electron chi connectivity index (χ1n) is 6.12. The molecule has 3 rings (SSSR count). The van der Waals surface area contributed by atoms with Crippen LogP contribution in [0.25, 0.3) is 5.69 Å². The van der Waals surface area contributed by atoms with Crippen molar-refractivity contribution < 1.29 is 13.2 Å². The Morgan fingerprint density at radius 2 is 2.05 bits per heavy atom. The molecule has 7 heteroatoms. The minimum absolute atomic E-state index is 0.000139. The van der Waals surface area contributed by atoms with Crippen LogP contribution in [0.3, 0.4) is 0 Å². The molecule has 2 aromatic rings. The van der Waals surface area contributed by atoms with Crippen molar-refractivity contribution in [2.24, 2.45) is 0 Å². The van der Waals surface area contributed by atoms with Gasteiger partial charge >= 0.3 is 0 Å². The predicted octanol–water partition coefficient (Wildman–Crippen LogP) is 2.46. The molecule has 0 saturated heterocycles. The predicted molar refractivity (Wildman–Crippen MR) is 79.2 cm³/mol. The van der Waals surface area contributed by atoms with Crippen LogP contribution in [-0.2, 0) is 10.0 Å². The molecule has 5 nitrogen and oxygen atoms in total. The number of carbonyl (C=O) groups excluding carboxylic acids is 1. The largest absolute Gasteiger partial charge is 0.311 e. The first-order chi connectivity index (χ1) is 9.96. The van der Waals surface area contributed by atoms with Crippen LogP contribution in [0.15, 0.2) is 54.1 Å². The normalized spacial score (nSPS) is 16.0. The molecule has 0 saturated carbocycles. The lowest BCUT2D eigenvalue weighted by Crippen LogP contribution is -2.36. The monoisotopic (exact) mass is 322 g/mol. The summed E-state index contributed by atoms with van der Waals surface area (Å²) in [5.41, 5.74) is 0.681. The van der Waals surface area contributed by atoms with Crippen LogP contribution in [0.4, 0.5) is 0 Å². The third-order valence-corrected chi connectivity index (χ3v) is 5.25. The highest BCUT2D eigenvalue weighted by Gasteiger charge is 2.36. The average Bonchev–Trinajstić information content (AvgIpc) is 2.90. The molecule has 108 valence electrons. The van der Waals surface area contributed by atoms with Crippen molar-refractivity contribution in [1.29, 1.82) is 0 Å². The van der Waals surface area contributed by atoms with Crippen molar-refractivity contribution in [3.8, 4) is 5.69 Å². The van der Waals surface area contributed by atoms with E-state index in [1.807, 2.05) is 0 Å². The van der Waals surface area contributed by atoms with Gasteiger partial charge in [0.1, 0.15) is 10.6 Å². The average molecular weight is 323 g/mol. The fourth-order valence-corrected chi connectivity index (χ4v) is 4.11. The Hall–Kier alpha value is -2.05. The topological polar surface area (TPSA) is 59.4 Å². The maximum absolute atomic E-state index is 12.7. The highest BCUT2D eigenvalue weighted by molar-refractivity contribution is 7.89. The van der Waals surface area contributed by atoms with Crippen LogP contribution in [0.2, 0.25) is 5.02 Å². The Morgan fingerprint density at radius 3 is 2.76 bits per heavy atom. The van der Waals surface area contributed by atoms with Gasteiger partial charge in [-0.15, -0.1) is 6.58 Å². The molecule has 0 atom stereocenters. The van der Waals surface area contributed by atoms with Gasteiger partial charge in [-0.3, -0.25) is 4.79 Å². The Balaban J connectivity index is 2.41. The minimum atomic E-state index is -3.98. The van der Waals surface area contributed by atoms with Crippen molar-refractivity contribution >= 4 is 27.5 Å². The van der Waals surface area contributed by atoms with Crippen LogP contribution in [0.1, 0.15) is 10.5 Å². The summed E-state index contributed by atoms with van der Waals surface area (Å²) < 4.78 is 27.8. The number of sulfonamides is 1. The lowest BCUT2D eigenvalue weighted by Gasteiger charge is -2.18. The standard InChI is InChI=1S/C14H11ClN2O3S/c1-2-7-17-14(18)12-4-3-8-16(12)11-6-5-10(15)9-13(11)21(17,19)20/h2-6,8-9H,1,7H2. The minimum Gasteiger partial charge on any atom is -0.311 e. The van der Waals surface area contributed by atoms with E-state index in [1.54, 1.807) is 35.0 Å². The fraction of sp³-hybridized carbons (Fsp3) is 0.0714. The second-order valence-corrected chi connectivity index (χ2v) is 6.77. The van der Waals surface area contributed by atoms with E-state index in [4.69, 9.17) is 11.6 Å². The number of halogens is 1. The van der Waals surface area contributed by atoms with Crippen LogP contribution >= 0.6 is 11.6 Å². The van der Waals surface area contributed by atoms with Gasteiger partial charge in [0.25, 0.3) is 15.9 Å². The maximum Gasteiger partial charge on any atom is 0.284 e. The second-order valence-electron chi connectivity index (χ2n) is 4.51. The smallest absolute Gasteiger partial charge is 0.284 e. The van der Waals surface area contributed by atoms with E-state index in [0.29, 0.717) is 10.7 Å². The number of nitrogens with zero attached hydrogens (tertiary/aromatic N) is 2. The van der Waals surface area contributed by atoms with Crippen LogP contribution in [0, 0.1) is 0 Å². The molecule has 0 N–H and O–H groups in total. The highest BCUT2D eigenvalue weighted by Crippen LogP contribution is 2.32. The summed E-state index contributed by atoms with van der Waals surface area (Å²) in [7, 11) is -3.98. The zero-order valence-electron chi connectivity index (χ0n) is 10.9. The molecule has 0 bridgehead atoms. The van der Waals surface area contributed by atoms with E-state index in [0.717, 1.165) is 4.31 Å². The molecule has 0 unspecified atom stereocenters. The zero-order valence-corrected chi connectivity index (χ0v) is 12.4. The zero-order chi connectivity index (χ0) is 15.2. The SMILES string of the molecule is C=CCN1C(=O)c2cccn2-c2ccc(Cl)cc2S1(=O)=O. The van der Waals surface area contributed by atoms with Gasteiger partial charge in [-0.05, 0) is 30.3 Å². The van der Waals surface area contributed by atoms with Crippen molar-refractivity contribution in [2.45, 2.75) is 4.90 Å². The van der Waals surface area contributed by atoms with Gasteiger partial charge in [0.2, 0.25) is 0 Å². The number of hydrogen-bond acceptors (Lipinski definition) is 3. The van der Waals surface area contributed by atoms with E-state index < -0.39 is 15.9 Å². The Morgan fingerprint density at radius 1 is 1.29 bits per heavy atom. The summed E-state index contributed by atoms with van der Waals surface area (Å²) in [4.78, 5) is 12.5. The van der Waals surface area contributed by atoms with E-state index >= 15 is 0 Å². The molecular formula is C14H11ClN2O3S. The molecule has 1 aliphatic heterocycles. The Kier molecular flexibility index (Phi) is 3.15. The molecule has 0 radical (unpaired) electrons. The lowest BCUT2D eigenvalue weighted by molar-refractivity contribution is 0.0866. The first kappa shape index (κ1) is 13.9. The third kappa shape index (κ3) is 1.99. The summed E-state index contributed by atoms with van der Waals surface area (Å²) in [6.07, 6.45) is 3.02. The van der Waals surface area contributed by atoms with Crippen LogP contribution in [-0.4, -0.2) is 29.7 Å². The molecule has 2 heterocycles. The van der Waals surface area contributed by atoms with E-state index in [1.165, 1.54) is 12.1 Å². The van der Waals surface area contributed by atoms with Gasteiger partial charge in [0.05, 0.1) is 12.2 Å². The quantitative estimate of drug-likeness (QED) is 0.798. The Labute approximate surface area is 127 Å². The molecular weight excluding hydrogens is 312 g/mol. The van der Waals surface area contributed by atoms with Gasteiger partial charge in [0, 0.05) is 11.2 Å². The molecule has 0 fully saturated rings. The summed E-state index contributed by atoms with van der Waals surface area (Å²) in [6.45, 7) is 3.41. The van der Waals surface area contributed by atoms with Gasteiger partial charge in [-0.25, -0.2) is 12.7 Å². The van der Waals surface area contributed by atoms with Crippen LogP contribution < -0.4 is 0 Å². The van der Waals surface area contributed by atoms with Crippen molar-refractivity contribution in [3.05, 3.63) is 59.9 Å². The summed E-state index contributed by atoms with van der Waals surface area (Å²) in [5, 5.41) is 0.291. The van der Waals surface area contributed by atoms with Crippen LogP contribution in [0.5, 0.6) is 0 Å². The number of amides is 1. The Bertz CT molecular complexity index is 855. The third-order valence-electron chi connectivity index (χ3n) is 3.24. The molecule has 1 amide bonds. The van der Waals surface area contributed by atoms with Gasteiger partial charge in [0.15, 0.2) is 0 Å². The van der Waals surface area contributed by atoms with Crippen molar-refractivity contribution in [3.63, 3.8) is 0 Å². The lowest BCUT2D eigenvalue weighted by atomic mass is 10.3. The van der Waals surface area contributed by atoms with E-state index in [9.17, 15) is 13.2 Å². The maximum atomic E-state index is 12.7. The second kappa shape index (κ2) is 4.75. The number of carbonyl (C=O) groups is 1. The van der Waals surface area contributed by atoms with Gasteiger partial charge in [-0.1, -0.05) is 17.7 Å². The number of aromatic nitrogens is 1. The molecule has 1 aromatic heterocycles. The molecule has 0 aliphatic carbocycles. The number of hydrogen-bond donors (Lipinski definition) is 0. The summed E-state index contributed by atoms with van der Waals surface area (Å²) in [5.74, 6) is -0.591. The van der Waals surface area contributed by atoms with Gasteiger partial charge < -0.3 is 4.57 Å². The molecule has 1 aliphatic rings. The number of benzene rings is 1. The van der Waals surface area contributed by atoms with E-state index in [2.05, 4.69) is 6.58 Å². The van der Waals surface area contributed by atoms with Gasteiger partial charge in [-0.2, -0.15) is 0 Å². The molecule has 1 aromatic carbocycles. The molecule has 21 heavy (non-hydrogen) atoms. The number of fused-ring (bicyclic) bond motifs is 3. The highest BCUT2D eigenvalue weighted by atomic mass is 35.5.